The summed E-state index contributed by atoms with van der Waals surface area (Å²) in [6.07, 6.45) is 12.2. The number of piperidine rings is 1. The van der Waals surface area contributed by atoms with Crippen molar-refractivity contribution in [3.05, 3.63) is 94.5 Å². The number of hydrogen-bond donors (Lipinski definition) is 2. The summed E-state index contributed by atoms with van der Waals surface area (Å²) in [6.45, 7) is 4.20. The Kier molecular flexibility index (Phi) is 8.96. The number of ether oxygens (including phenoxy) is 1. The van der Waals surface area contributed by atoms with Gasteiger partial charge < -0.3 is 15.0 Å². The SMILES string of the molecule is COc1cc2nn([C@H]3CC[C@H](CN4CC5(CC(CCNc6cccc7c6C(=O)N(C6CCC(=O)NC6=O)C7=O)C5)C4)CC3)cc2cc1-n1ccc2ccccc2c1=O. The van der Waals surface area contributed by atoms with Crippen LogP contribution in [0.15, 0.2) is 77.9 Å². The molecule has 5 heterocycles. The fourth-order valence-electron chi connectivity index (χ4n) is 10.7. The predicted octanol–water partition coefficient (Wildman–Crippen LogP) is 5.70. The zero-order chi connectivity index (χ0) is 39.7. The van der Waals surface area contributed by atoms with Crippen LogP contribution in [0.3, 0.4) is 0 Å². The number of carbonyl (C=O) groups is 4. The molecule has 3 aromatic carbocycles. The third kappa shape index (κ3) is 6.27. The minimum Gasteiger partial charge on any atom is -0.494 e. The number of nitrogens with zero attached hydrogens (tertiary/aromatic N) is 5. The predicted molar refractivity (Wildman–Crippen MR) is 218 cm³/mol. The van der Waals surface area contributed by atoms with Crippen molar-refractivity contribution in [3.8, 4) is 11.4 Å². The minimum absolute atomic E-state index is 0.0745. The van der Waals surface area contributed by atoms with E-state index in [1.807, 2.05) is 54.7 Å². The number of hydrogen-bond acceptors (Lipinski definition) is 9. The number of methoxy groups -OCH3 is 1. The highest BCUT2D eigenvalue weighted by atomic mass is 16.5. The van der Waals surface area contributed by atoms with E-state index in [2.05, 4.69) is 26.4 Å². The first-order valence-corrected chi connectivity index (χ1v) is 20.7. The Hall–Kier alpha value is -5.82. The molecule has 2 saturated carbocycles. The molecule has 2 aromatic heterocycles. The molecule has 5 aromatic rings. The highest BCUT2D eigenvalue weighted by Gasteiger charge is 2.52. The first-order valence-electron chi connectivity index (χ1n) is 20.7. The molecule has 298 valence electrons. The van der Waals surface area contributed by atoms with Crippen LogP contribution in [0, 0.1) is 17.3 Å². The van der Waals surface area contributed by atoms with Gasteiger partial charge in [-0.1, -0.05) is 24.3 Å². The van der Waals surface area contributed by atoms with Crippen molar-refractivity contribution in [3.63, 3.8) is 0 Å². The number of rotatable bonds is 10. The average molecular weight is 782 g/mol. The van der Waals surface area contributed by atoms with Crippen LogP contribution in [0.2, 0.25) is 0 Å². The lowest BCUT2D eigenvalue weighted by molar-refractivity contribution is -0.136. The molecule has 10 rings (SSSR count). The van der Waals surface area contributed by atoms with Crippen LogP contribution in [0.5, 0.6) is 5.75 Å². The van der Waals surface area contributed by atoms with Crippen molar-refractivity contribution in [1.29, 1.82) is 0 Å². The molecule has 2 N–H and O–H groups in total. The molecular formula is C45H47N7O6. The van der Waals surface area contributed by atoms with E-state index in [-0.39, 0.29) is 24.3 Å². The minimum atomic E-state index is -0.970. The van der Waals surface area contributed by atoms with Crippen molar-refractivity contribution < 1.29 is 23.9 Å². The van der Waals surface area contributed by atoms with Crippen molar-refractivity contribution in [2.45, 2.75) is 69.9 Å². The summed E-state index contributed by atoms with van der Waals surface area (Å²) in [7, 11) is 1.63. The lowest BCUT2D eigenvalue weighted by atomic mass is 9.57. The number of amides is 4. The fraction of sp³-hybridized carbons (Fsp3) is 0.422. The zero-order valence-corrected chi connectivity index (χ0v) is 32.6. The van der Waals surface area contributed by atoms with Crippen molar-refractivity contribution in [2.75, 3.05) is 38.6 Å². The molecule has 2 saturated heterocycles. The van der Waals surface area contributed by atoms with Crippen LogP contribution in [-0.2, 0) is 9.59 Å². The molecule has 1 spiro atoms. The van der Waals surface area contributed by atoms with Gasteiger partial charge in [-0.2, -0.15) is 5.10 Å². The number of nitrogens with one attached hydrogen (secondary N) is 2. The molecule has 3 aliphatic heterocycles. The van der Waals surface area contributed by atoms with Gasteiger partial charge in [-0.15, -0.1) is 0 Å². The van der Waals surface area contributed by atoms with E-state index in [1.54, 1.807) is 23.8 Å². The van der Waals surface area contributed by atoms with Crippen molar-refractivity contribution >= 4 is 51.0 Å². The number of imide groups is 2. The van der Waals surface area contributed by atoms with E-state index in [0.29, 0.717) is 63.5 Å². The molecule has 1 unspecified atom stereocenters. The van der Waals surface area contributed by atoms with Gasteiger partial charge in [0.2, 0.25) is 11.8 Å². The van der Waals surface area contributed by atoms with E-state index in [9.17, 15) is 24.0 Å². The van der Waals surface area contributed by atoms with Crippen molar-refractivity contribution in [2.24, 2.45) is 17.3 Å². The van der Waals surface area contributed by atoms with Gasteiger partial charge in [0.15, 0.2) is 0 Å². The summed E-state index contributed by atoms with van der Waals surface area (Å²) >= 11 is 0. The monoisotopic (exact) mass is 781 g/mol. The quantitative estimate of drug-likeness (QED) is 0.171. The second kappa shape index (κ2) is 14.2. The third-order valence-electron chi connectivity index (χ3n) is 13.5. The van der Waals surface area contributed by atoms with Gasteiger partial charge in [0.1, 0.15) is 11.8 Å². The molecule has 13 nitrogen and oxygen atoms in total. The highest BCUT2D eigenvalue weighted by molar-refractivity contribution is 6.25. The third-order valence-corrected chi connectivity index (χ3v) is 13.5. The van der Waals surface area contributed by atoms with Gasteiger partial charge in [-0.3, -0.25) is 43.4 Å². The molecule has 0 radical (unpaired) electrons. The van der Waals surface area contributed by atoms with E-state index in [1.165, 1.54) is 38.8 Å². The lowest BCUT2D eigenvalue weighted by Crippen LogP contribution is -2.63. The molecule has 4 fully saturated rings. The summed E-state index contributed by atoms with van der Waals surface area (Å²) in [5.74, 6) is -0.00542. The average Bonchev–Trinajstić information content (AvgIpc) is 3.73. The van der Waals surface area contributed by atoms with Crippen LogP contribution in [0.25, 0.3) is 27.4 Å². The molecular weight excluding hydrogens is 735 g/mol. The van der Waals surface area contributed by atoms with E-state index >= 15 is 0 Å². The van der Waals surface area contributed by atoms with Gasteiger partial charge in [0.05, 0.1) is 35.5 Å². The topological polar surface area (TPSA) is 148 Å². The van der Waals surface area contributed by atoms with E-state index in [0.717, 1.165) is 47.0 Å². The van der Waals surface area contributed by atoms with Crippen molar-refractivity contribution in [1.82, 2.24) is 29.5 Å². The van der Waals surface area contributed by atoms with Gasteiger partial charge >= 0.3 is 0 Å². The number of carbonyl (C=O) groups excluding carboxylic acids is 4. The second-order valence-corrected chi connectivity index (χ2v) is 17.3. The number of likely N-dealkylation sites (tertiary alicyclic amines) is 1. The summed E-state index contributed by atoms with van der Waals surface area (Å²) in [5, 5.41) is 13.2. The Labute approximate surface area is 335 Å². The molecule has 58 heavy (non-hydrogen) atoms. The second-order valence-electron chi connectivity index (χ2n) is 17.3. The summed E-state index contributed by atoms with van der Waals surface area (Å²) in [5.41, 5.74) is 3.18. The zero-order valence-electron chi connectivity index (χ0n) is 32.6. The Balaban J connectivity index is 0.689. The summed E-state index contributed by atoms with van der Waals surface area (Å²) in [6, 6.07) is 18.1. The molecule has 1 atom stereocenters. The molecule has 13 heteroatoms. The largest absolute Gasteiger partial charge is 0.494 e. The molecule has 5 aliphatic rings. The van der Waals surface area contributed by atoms with Gasteiger partial charge in [-0.25, -0.2) is 0 Å². The normalized spacial score (nSPS) is 23.3. The highest BCUT2D eigenvalue weighted by Crippen LogP contribution is 2.53. The maximum atomic E-state index is 13.4. The van der Waals surface area contributed by atoms with E-state index in [4.69, 9.17) is 9.84 Å². The molecule has 4 amide bonds. The number of aromatic nitrogens is 3. The maximum absolute atomic E-state index is 13.4. The van der Waals surface area contributed by atoms with E-state index < -0.39 is 23.8 Å². The summed E-state index contributed by atoms with van der Waals surface area (Å²) < 4.78 is 9.55. The maximum Gasteiger partial charge on any atom is 0.264 e. The smallest absolute Gasteiger partial charge is 0.264 e. The van der Waals surface area contributed by atoms with Gasteiger partial charge in [0, 0.05) is 67.5 Å². The van der Waals surface area contributed by atoms with Crippen LogP contribution in [0.4, 0.5) is 5.69 Å². The molecule has 0 bridgehead atoms. The Morgan fingerprint density at radius 2 is 1.69 bits per heavy atom. The molecule has 2 aliphatic carbocycles. The number of pyridine rings is 1. The van der Waals surface area contributed by atoms with Gasteiger partial charge in [0.25, 0.3) is 17.4 Å². The standard InChI is InChI=1S/C45H47N7O6/c1-58-38-20-35-30(19-37(38)50-18-16-29-5-2-3-6-32(29)42(50)55)24-51(48-35)31-11-9-27(10-12-31)23-49-25-45(26-49)21-28(22-45)15-17-46-34-8-4-7-33-40(34)44(57)52(43(33)56)36-13-14-39(53)47-41(36)54/h2-8,16,18-20,24,27-28,31,36,46H,9-15,17,21-23,25-26H2,1H3,(H,47,53,54)/t27-,31-,36?. The van der Waals surface area contributed by atoms with Crippen LogP contribution in [-0.4, -0.2) is 87.1 Å². The first-order chi connectivity index (χ1) is 28.2. The van der Waals surface area contributed by atoms with Crippen LogP contribution in [0.1, 0.15) is 84.5 Å². The van der Waals surface area contributed by atoms with Crippen LogP contribution >= 0.6 is 0 Å². The lowest BCUT2D eigenvalue weighted by Gasteiger charge is -2.60. The first kappa shape index (κ1) is 36.5. The van der Waals surface area contributed by atoms with Gasteiger partial charge in [-0.05, 0) is 104 Å². The Bertz CT molecular complexity index is 2560. The Morgan fingerprint density at radius 1 is 0.879 bits per heavy atom. The summed E-state index contributed by atoms with van der Waals surface area (Å²) in [4.78, 5) is 67.8. The van der Waals surface area contributed by atoms with Crippen LogP contribution < -0.4 is 20.9 Å². The Morgan fingerprint density at radius 3 is 2.48 bits per heavy atom. The number of anilines is 1. The number of fused-ring (bicyclic) bond motifs is 3. The number of benzene rings is 3. The fourth-order valence-corrected chi connectivity index (χ4v) is 10.7.